The summed E-state index contributed by atoms with van der Waals surface area (Å²) in [5, 5.41) is 3.00. The van der Waals surface area contributed by atoms with Crippen molar-refractivity contribution in [2.24, 2.45) is 0 Å². The predicted octanol–water partition coefficient (Wildman–Crippen LogP) is 0.103. The molecule has 2 heteroatoms. The van der Waals surface area contributed by atoms with Crippen molar-refractivity contribution in [1.29, 1.82) is 0 Å². The number of hydrogen-bond donors (Lipinski definition) is 1. The molecule has 0 bridgehead atoms. The smallest absolute Gasteiger partial charge is 0.143 e. The molecule has 0 saturated heterocycles. The minimum absolute atomic E-state index is 0.375. The molecule has 1 heterocycles. The highest BCUT2D eigenvalue weighted by Crippen LogP contribution is 2.05. The molecule has 44 valence electrons. The van der Waals surface area contributed by atoms with E-state index in [0.717, 1.165) is 12.8 Å². The lowest BCUT2D eigenvalue weighted by Crippen LogP contribution is -2.37. The first-order chi connectivity index (χ1) is 3.77. The zero-order valence-electron chi connectivity index (χ0n) is 4.85. The molecule has 8 heavy (non-hydrogen) atoms. The quantitative estimate of drug-likeness (QED) is 0.384. The Balaban J connectivity index is 2.67. The van der Waals surface area contributed by atoms with Crippen molar-refractivity contribution in [2.45, 2.75) is 12.5 Å². The topological polar surface area (TPSA) is 29.1 Å². The molecule has 0 aromatic heterocycles. The van der Waals surface area contributed by atoms with Crippen LogP contribution in [0.3, 0.4) is 0 Å². The fourth-order valence-electron chi connectivity index (χ4n) is 0.722. The Hall–Kier alpha value is -0.630. The first kappa shape index (κ1) is 5.51. The summed E-state index contributed by atoms with van der Waals surface area (Å²) in [7, 11) is 0. The monoisotopic (exact) mass is 111 g/mol. The lowest BCUT2D eigenvalue weighted by Gasteiger charge is -2.12. The maximum atomic E-state index is 10.2. The van der Waals surface area contributed by atoms with E-state index in [9.17, 15) is 4.79 Å². The second-order valence-electron chi connectivity index (χ2n) is 2.18. The summed E-state index contributed by atoms with van der Waals surface area (Å²) in [5.41, 5.74) is -0.375. The zero-order valence-corrected chi connectivity index (χ0v) is 4.85. The second kappa shape index (κ2) is 1.71. The largest absolute Gasteiger partial charge is 0.301 e. The maximum Gasteiger partial charge on any atom is 0.143 e. The Morgan fingerprint density at radius 3 is 2.88 bits per heavy atom. The highest BCUT2D eigenvalue weighted by atomic mass is 16.1. The molecule has 0 spiro atoms. The van der Waals surface area contributed by atoms with Gasteiger partial charge in [0.25, 0.3) is 0 Å². The zero-order chi connectivity index (χ0) is 6.04. The van der Waals surface area contributed by atoms with E-state index in [1.165, 1.54) is 0 Å². The third-order valence-electron chi connectivity index (χ3n) is 1.31. The van der Waals surface area contributed by atoms with Crippen molar-refractivity contribution in [1.82, 2.24) is 5.32 Å². The molecule has 1 N–H and O–H groups in total. The average molecular weight is 111 g/mol. The number of carbonyl (C=O) groups excluding carboxylic acids is 1. The molecule has 1 atom stereocenters. The molecule has 0 aromatic carbocycles. The van der Waals surface area contributed by atoms with Crippen LogP contribution >= 0.6 is 0 Å². The van der Waals surface area contributed by atoms with Crippen LogP contribution in [0.4, 0.5) is 0 Å². The highest BCUT2D eigenvalue weighted by molar-refractivity contribution is 5.68. The van der Waals surface area contributed by atoms with Crippen LogP contribution in [-0.2, 0) is 4.79 Å². The van der Waals surface area contributed by atoms with Crippen LogP contribution in [0.2, 0.25) is 0 Å². The third kappa shape index (κ3) is 0.793. The van der Waals surface area contributed by atoms with Crippen LogP contribution < -0.4 is 5.32 Å². The van der Waals surface area contributed by atoms with E-state index in [0.29, 0.717) is 0 Å². The average Bonchev–Trinajstić information content (AvgIpc) is 2.17. The highest BCUT2D eigenvalue weighted by Gasteiger charge is 2.20. The lowest BCUT2D eigenvalue weighted by molar-refractivity contribution is -0.111. The molecule has 0 fully saturated rings. The Bertz CT molecular complexity index is 130. The number of carbonyl (C=O) groups is 1. The summed E-state index contributed by atoms with van der Waals surface area (Å²) >= 11 is 0. The number of hydrogen-bond acceptors (Lipinski definition) is 2. The lowest BCUT2D eigenvalue weighted by atomic mass is 10.1. The van der Waals surface area contributed by atoms with Crippen LogP contribution in [0.5, 0.6) is 0 Å². The van der Waals surface area contributed by atoms with E-state index in [-0.39, 0.29) is 5.54 Å². The van der Waals surface area contributed by atoms with Crippen LogP contribution in [-0.4, -0.2) is 18.4 Å². The minimum atomic E-state index is -0.375. The molecule has 0 aromatic rings. The molecule has 1 aliphatic heterocycles. The van der Waals surface area contributed by atoms with E-state index >= 15 is 0 Å². The summed E-state index contributed by atoms with van der Waals surface area (Å²) in [6.07, 6.45) is 4.74. The van der Waals surface area contributed by atoms with Gasteiger partial charge in [-0.2, -0.15) is 0 Å². The van der Waals surface area contributed by atoms with Gasteiger partial charge < -0.3 is 4.79 Å². The SMILES string of the molecule is CC1(C=O)C=CCN1. The maximum absolute atomic E-state index is 10.2. The standard InChI is InChI=1S/C6H9NO/c1-6(5-8)3-2-4-7-6/h2-3,5,7H,4H2,1H3. The number of nitrogens with one attached hydrogen (secondary N) is 1. The summed E-state index contributed by atoms with van der Waals surface area (Å²) in [6.45, 7) is 2.67. The molecule has 0 radical (unpaired) electrons. The molecule has 0 amide bonds. The molecule has 2 nitrogen and oxygen atoms in total. The van der Waals surface area contributed by atoms with Gasteiger partial charge in [-0.3, -0.25) is 5.32 Å². The Kier molecular flexibility index (Phi) is 1.18. The Morgan fingerprint density at radius 2 is 2.62 bits per heavy atom. The predicted molar refractivity (Wildman–Crippen MR) is 31.6 cm³/mol. The van der Waals surface area contributed by atoms with Crippen LogP contribution in [0.25, 0.3) is 0 Å². The summed E-state index contributed by atoms with van der Waals surface area (Å²) in [5.74, 6) is 0. The molecule has 0 aliphatic carbocycles. The van der Waals surface area contributed by atoms with Gasteiger partial charge in [-0.05, 0) is 6.92 Å². The van der Waals surface area contributed by atoms with E-state index in [1.807, 2.05) is 19.1 Å². The van der Waals surface area contributed by atoms with Gasteiger partial charge in [0, 0.05) is 6.54 Å². The van der Waals surface area contributed by atoms with Gasteiger partial charge in [0.05, 0.1) is 5.54 Å². The summed E-state index contributed by atoms with van der Waals surface area (Å²) in [4.78, 5) is 10.2. The first-order valence-corrected chi connectivity index (χ1v) is 2.66. The van der Waals surface area contributed by atoms with Crippen LogP contribution in [0, 0.1) is 0 Å². The van der Waals surface area contributed by atoms with E-state index in [2.05, 4.69) is 5.32 Å². The second-order valence-corrected chi connectivity index (χ2v) is 2.18. The van der Waals surface area contributed by atoms with Crippen LogP contribution in [0.1, 0.15) is 6.92 Å². The molecule has 1 aliphatic rings. The van der Waals surface area contributed by atoms with Gasteiger partial charge >= 0.3 is 0 Å². The molecule has 1 unspecified atom stereocenters. The number of rotatable bonds is 1. The molecular weight excluding hydrogens is 102 g/mol. The van der Waals surface area contributed by atoms with E-state index in [4.69, 9.17) is 0 Å². The van der Waals surface area contributed by atoms with Gasteiger partial charge in [0.15, 0.2) is 0 Å². The van der Waals surface area contributed by atoms with Gasteiger partial charge in [-0.15, -0.1) is 0 Å². The third-order valence-corrected chi connectivity index (χ3v) is 1.31. The fourth-order valence-corrected chi connectivity index (χ4v) is 0.722. The van der Waals surface area contributed by atoms with Crippen molar-refractivity contribution in [3.05, 3.63) is 12.2 Å². The summed E-state index contributed by atoms with van der Waals surface area (Å²) < 4.78 is 0. The van der Waals surface area contributed by atoms with Crippen molar-refractivity contribution in [2.75, 3.05) is 6.54 Å². The minimum Gasteiger partial charge on any atom is -0.301 e. The van der Waals surface area contributed by atoms with E-state index in [1.54, 1.807) is 0 Å². The van der Waals surface area contributed by atoms with Gasteiger partial charge in [0.1, 0.15) is 6.29 Å². The van der Waals surface area contributed by atoms with Gasteiger partial charge in [0.2, 0.25) is 0 Å². The van der Waals surface area contributed by atoms with E-state index < -0.39 is 0 Å². The van der Waals surface area contributed by atoms with Crippen LogP contribution in [0.15, 0.2) is 12.2 Å². The molecule has 0 saturated carbocycles. The van der Waals surface area contributed by atoms with Crippen molar-refractivity contribution < 1.29 is 4.79 Å². The number of aldehydes is 1. The summed E-state index contributed by atoms with van der Waals surface area (Å²) in [6, 6.07) is 0. The van der Waals surface area contributed by atoms with Crippen molar-refractivity contribution >= 4 is 6.29 Å². The van der Waals surface area contributed by atoms with Crippen molar-refractivity contribution in [3.8, 4) is 0 Å². The Morgan fingerprint density at radius 1 is 1.88 bits per heavy atom. The first-order valence-electron chi connectivity index (χ1n) is 2.66. The molecular formula is C6H9NO. The van der Waals surface area contributed by atoms with Crippen molar-refractivity contribution in [3.63, 3.8) is 0 Å². The van der Waals surface area contributed by atoms with Gasteiger partial charge in [-0.25, -0.2) is 0 Å². The van der Waals surface area contributed by atoms with Gasteiger partial charge in [-0.1, -0.05) is 12.2 Å². The molecule has 1 rings (SSSR count). The fraction of sp³-hybridized carbons (Fsp3) is 0.500. The normalized spacial score (nSPS) is 35.6. The Labute approximate surface area is 48.6 Å².